The van der Waals surface area contributed by atoms with Gasteiger partial charge in [0.2, 0.25) is 11.0 Å². The van der Waals surface area contributed by atoms with Crippen LogP contribution in [0.15, 0.2) is 28.6 Å². The van der Waals surface area contributed by atoms with Gasteiger partial charge >= 0.3 is 0 Å². The average Bonchev–Trinajstić information content (AvgIpc) is 3.26. The monoisotopic (exact) mass is 406 g/mol. The molecule has 2 aromatic heterocycles. The van der Waals surface area contributed by atoms with Crippen molar-refractivity contribution in [3.8, 4) is 0 Å². The first kappa shape index (κ1) is 19.3. The van der Waals surface area contributed by atoms with Crippen molar-refractivity contribution >= 4 is 55.7 Å². The number of thiazole rings is 1. The van der Waals surface area contributed by atoms with Crippen molar-refractivity contribution in [2.75, 3.05) is 11.1 Å². The number of nitrogens with one attached hydrogen (secondary N) is 1. The number of fused-ring (bicyclic) bond motifs is 1. The van der Waals surface area contributed by atoms with Gasteiger partial charge in [-0.05, 0) is 31.4 Å². The predicted molar refractivity (Wildman–Crippen MR) is 111 cm³/mol. The Labute approximate surface area is 165 Å². The Morgan fingerprint density at radius 3 is 2.77 bits per heavy atom. The minimum Gasteiger partial charge on any atom is -0.301 e. The molecule has 1 amide bonds. The smallest absolute Gasteiger partial charge is 0.226 e. The number of rotatable bonds is 9. The maximum Gasteiger partial charge on any atom is 0.226 e. The lowest BCUT2D eigenvalue weighted by atomic mass is 10.1. The highest BCUT2D eigenvalue weighted by Gasteiger charge is 2.14. The number of benzene rings is 1. The first-order valence-corrected chi connectivity index (χ1v) is 11.4. The topological polar surface area (TPSA) is 67.8 Å². The van der Waals surface area contributed by atoms with E-state index in [2.05, 4.69) is 40.4 Å². The van der Waals surface area contributed by atoms with E-state index in [1.54, 1.807) is 23.1 Å². The summed E-state index contributed by atoms with van der Waals surface area (Å²) in [4.78, 5) is 16.7. The molecule has 0 spiro atoms. The summed E-state index contributed by atoms with van der Waals surface area (Å²) in [5, 5.41) is 12.8. The molecule has 0 saturated heterocycles. The molecule has 0 aliphatic heterocycles. The van der Waals surface area contributed by atoms with E-state index in [9.17, 15) is 4.79 Å². The molecule has 5 nitrogen and oxygen atoms in total. The van der Waals surface area contributed by atoms with Crippen molar-refractivity contribution in [2.24, 2.45) is 0 Å². The highest BCUT2D eigenvalue weighted by molar-refractivity contribution is 8.01. The molecule has 3 rings (SSSR count). The molecule has 3 aromatic rings. The molecule has 2 heterocycles. The van der Waals surface area contributed by atoms with Crippen LogP contribution in [0.4, 0.5) is 5.13 Å². The Morgan fingerprint density at radius 2 is 2.00 bits per heavy atom. The molecule has 0 aliphatic rings. The Hall–Kier alpha value is -1.51. The number of hydrogen-bond donors (Lipinski definition) is 1. The van der Waals surface area contributed by atoms with Gasteiger partial charge < -0.3 is 5.32 Å². The van der Waals surface area contributed by atoms with Crippen LogP contribution >= 0.6 is 34.4 Å². The molecule has 8 heteroatoms. The van der Waals surface area contributed by atoms with E-state index in [0.29, 0.717) is 17.5 Å². The second-order valence-corrected chi connectivity index (χ2v) is 9.29. The minimum absolute atomic E-state index is 0.00199. The summed E-state index contributed by atoms with van der Waals surface area (Å²) in [6.45, 7) is 4.30. The number of aromatic nitrogens is 3. The molecule has 26 heavy (non-hydrogen) atoms. The summed E-state index contributed by atoms with van der Waals surface area (Å²) in [5.74, 6) is 1.31. The van der Waals surface area contributed by atoms with E-state index in [4.69, 9.17) is 0 Å². The maximum absolute atomic E-state index is 12.1. The third kappa shape index (κ3) is 5.02. The minimum atomic E-state index is 0.00199. The number of para-hydroxylation sites is 1. The van der Waals surface area contributed by atoms with Gasteiger partial charge in [0.1, 0.15) is 5.01 Å². The van der Waals surface area contributed by atoms with Crippen molar-refractivity contribution in [1.82, 2.24) is 15.2 Å². The number of carbonyl (C=O) groups is 1. The lowest BCUT2D eigenvalue weighted by molar-refractivity contribution is -0.116. The van der Waals surface area contributed by atoms with Crippen LogP contribution in [0.25, 0.3) is 10.2 Å². The molecule has 138 valence electrons. The van der Waals surface area contributed by atoms with Crippen LogP contribution in [0.2, 0.25) is 0 Å². The van der Waals surface area contributed by atoms with Crippen LogP contribution in [-0.4, -0.2) is 26.8 Å². The summed E-state index contributed by atoms with van der Waals surface area (Å²) < 4.78 is 2.27. The van der Waals surface area contributed by atoms with E-state index in [1.165, 1.54) is 16.0 Å². The molecule has 0 fully saturated rings. The third-order valence-electron chi connectivity index (χ3n) is 4.07. The van der Waals surface area contributed by atoms with Gasteiger partial charge in [-0.3, -0.25) is 4.79 Å². The van der Waals surface area contributed by atoms with E-state index < -0.39 is 0 Å². The highest BCUT2D eigenvalue weighted by Crippen LogP contribution is 2.30. The van der Waals surface area contributed by atoms with Crippen LogP contribution in [0.1, 0.15) is 50.5 Å². The zero-order valence-corrected chi connectivity index (χ0v) is 17.3. The van der Waals surface area contributed by atoms with Gasteiger partial charge in [0, 0.05) is 18.1 Å². The number of carbonyl (C=O) groups excluding carboxylic acids is 1. The Bertz CT molecular complexity index is 824. The maximum atomic E-state index is 12.1. The van der Waals surface area contributed by atoms with Gasteiger partial charge in [-0.2, -0.15) is 0 Å². The second kappa shape index (κ2) is 9.43. The normalized spacial score (nSPS) is 11.3. The van der Waals surface area contributed by atoms with Gasteiger partial charge in [-0.25, -0.2) is 4.98 Å². The molecule has 0 aliphatic carbocycles. The number of thioether (sulfide) groups is 1. The second-order valence-electron chi connectivity index (χ2n) is 5.91. The highest BCUT2D eigenvalue weighted by atomic mass is 32.2. The lowest BCUT2D eigenvalue weighted by Gasteiger charge is -2.05. The lowest BCUT2D eigenvalue weighted by Crippen LogP contribution is -2.11. The van der Waals surface area contributed by atoms with E-state index in [-0.39, 0.29) is 5.91 Å². The number of amides is 1. The summed E-state index contributed by atoms with van der Waals surface area (Å²) >= 11 is 4.90. The Morgan fingerprint density at radius 1 is 1.19 bits per heavy atom. The summed E-state index contributed by atoms with van der Waals surface area (Å²) in [6.07, 6.45) is 3.38. The summed E-state index contributed by atoms with van der Waals surface area (Å²) in [5.41, 5.74) is 1.04. The first-order valence-electron chi connectivity index (χ1n) is 8.81. The fourth-order valence-corrected chi connectivity index (χ4v) is 5.68. The molecule has 1 aromatic carbocycles. The quantitative estimate of drug-likeness (QED) is 0.372. The fraction of sp³-hybridized carbons (Fsp3) is 0.444. The van der Waals surface area contributed by atoms with Crippen molar-refractivity contribution in [3.63, 3.8) is 0 Å². The zero-order valence-electron chi connectivity index (χ0n) is 14.9. The van der Waals surface area contributed by atoms with E-state index >= 15 is 0 Å². The number of nitrogens with zero attached hydrogens (tertiary/aromatic N) is 3. The molecule has 0 saturated carbocycles. The fourth-order valence-electron chi connectivity index (χ4n) is 2.57. The molecule has 0 atom stereocenters. The SMILES string of the molecule is CCC(CC)c1nnc(NC(=O)CCCSc2nc3ccccc3s2)s1. The molecular weight excluding hydrogens is 384 g/mol. The third-order valence-corrected chi connectivity index (χ3v) is 7.34. The van der Waals surface area contributed by atoms with Crippen molar-refractivity contribution in [2.45, 2.75) is 49.8 Å². The van der Waals surface area contributed by atoms with Gasteiger partial charge in [0.25, 0.3) is 0 Å². The number of hydrogen-bond acceptors (Lipinski definition) is 7. The van der Waals surface area contributed by atoms with Gasteiger partial charge in [0.15, 0.2) is 4.34 Å². The van der Waals surface area contributed by atoms with Gasteiger partial charge in [-0.1, -0.05) is 49.1 Å². The largest absolute Gasteiger partial charge is 0.301 e. The standard InChI is InChI=1S/C18H22N4OS3/c1-3-12(4-2)16-21-22-17(26-16)20-15(23)10-7-11-24-18-19-13-8-5-6-9-14(13)25-18/h5-6,8-9,12H,3-4,7,10-11H2,1-2H3,(H,20,22,23). The van der Waals surface area contributed by atoms with Crippen LogP contribution in [-0.2, 0) is 4.79 Å². The molecule has 0 radical (unpaired) electrons. The summed E-state index contributed by atoms with van der Waals surface area (Å²) in [7, 11) is 0. The first-order chi connectivity index (χ1) is 12.7. The molecule has 0 bridgehead atoms. The van der Waals surface area contributed by atoms with Crippen LogP contribution < -0.4 is 5.32 Å². The molecule has 0 unspecified atom stereocenters. The Kier molecular flexibility index (Phi) is 6.99. The number of anilines is 1. The van der Waals surface area contributed by atoms with Crippen molar-refractivity contribution < 1.29 is 4.79 Å². The predicted octanol–water partition coefficient (Wildman–Crippen LogP) is 5.56. The average molecular weight is 407 g/mol. The molecule has 1 N–H and O–H groups in total. The Balaban J connectivity index is 1.41. The van der Waals surface area contributed by atoms with Crippen LogP contribution in [0.3, 0.4) is 0 Å². The summed E-state index contributed by atoms with van der Waals surface area (Å²) in [6, 6.07) is 8.15. The van der Waals surface area contributed by atoms with Gasteiger partial charge in [0.05, 0.1) is 10.2 Å². The van der Waals surface area contributed by atoms with Crippen molar-refractivity contribution in [1.29, 1.82) is 0 Å². The molecular formula is C18H22N4OS3. The zero-order chi connectivity index (χ0) is 18.4. The van der Waals surface area contributed by atoms with Crippen molar-refractivity contribution in [3.05, 3.63) is 29.3 Å². The van der Waals surface area contributed by atoms with E-state index in [1.807, 2.05) is 18.2 Å². The van der Waals surface area contributed by atoms with Crippen LogP contribution in [0, 0.1) is 0 Å². The van der Waals surface area contributed by atoms with Crippen LogP contribution in [0.5, 0.6) is 0 Å². The van der Waals surface area contributed by atoms with Gasteiger partial charge in [-0.15, -0.1) is 21.5 Å². The van der Waals surface area contributed by atoms with E-state index in [0.717, 1.165) is 39.9 Å².